The Labute approximate surface area is 140 Å². The van der Waals surface area contributed by atoms with E-state index < -0.39 is 5.92 Å². The number of carbonyl (C=O) groups excluding carboxylic acids is 2. The first-order valence-electron chi connectivity index (χ1n) is 8.65. The standard InChI is InChI=1S/C18H22FN3O2/c19-14-9-12(13-2-4-16(23)21-17(13)24)1-3-15(14)22-10-18(11-22)5-7-20-8-6-18/h1,3,9,13,20H,2,4-8,10-11H2,(H,21,23,24). The van der Waals surface area contributed by atoms with Crippen LogP contribution in [-0.4, -0.2) is 38.0 Å². The second-order valence-corrected chi connectivity index (χ2v) is 7.32. The molecule has 2 amide bonds. The quantitative estimate of drug-likeness (QED) is 0.807. The molecule has 2 N–H and O–H groups in total. The fraction of sp³-hybridized carbons (Fsp3) is 0.556. The molecule has 0 aliphatic carbocycles. The van der Waals surface area contributed by atoms with E-state index in [1.54, 1.807) is 6.07 Å². The van der Waals surface area contributed by atoms with Crippen LogP contribution in [0, 0.1) is 11.2 Å². The lowest BCUT2D eigenvalue weighted by Crippen LogP contribution is -2.60. The zero-order valence-corrected chi connectivity index (χ0v) is 13.6. The maximum atomic E-state index is 14.6. The second kappa shape index (κ2) is 5.84. The summed E-state index contributed by atoms with van der Waals surface area (Å²) in [6.45, 7) is 3.91. The van der Waals surface area contributed by atoms with Crippen molar-refractivity contribution in [2.45, 2.75) is 31.6 Å². The Kier molecular flexibility index (Phi) is 3.79. The predicted molar refractivity (Wildman–Crippen MR) is 88.3 cm³/mol. The highest BCUT2D eigenvalue weighted by Crippen LogP contribution is 2.42. The number of rotatable bonds is 2. The van der Waals surface area contributed by atoms with Crippen LogP contribution in [0.1, 0.15) is 37.2 Å². The molecule has 0 aromatic heterocycles. The van der Waals surface area contributed by atoms with Crippen LogP contribution in [-0.2, 0) is 9.59 Å². The molecule has 1 aromatic carbocycles. The fourth-order valence-corrected chi connectivity index (χ4v) is 4.22. The number of nitrogens with zero attached hydrogens (tertiary/aromatic N) is 1. The van der Waals surface area contributed by atoms with Gasteiger partial charge in [-0.1, -0.05) is 6.07 Å². The Hall–Kier alpha value is -1.95. The van der Waals surface area contributed by atoms with E-state index in [0.29, 0.717) is 29.5 Å². The molecule has 3 aliphatic rings. The van der Waals surface area contributed by atoms with E-state index in [-0.39, 0.29) is 17.6 Å². The van der Waals surface area contributed by atoms with Crippen molar-refractivity contribution in [2.24, 2.45) is 5.41 Å². The van der Waals surface area contributed by atoms with Gasteiger partial charge in [-0.2, -0.15) is 0 Å². The van der Waals surface area contributed by atoms with E-state index in [0.717, 1.165) is 39.0 Å². The van der Waals surface area contributed by atoms with Crippen LogP contribution < -0.4 is 15.5 Å². The molecule has 24 heavy (non-hydrogen) atoms. The van der Waals surface area contributed by atoms with Crippen molar-refractivity contribution in [2.75, 3.05) is 31.1 Å². The van der Waals surface area contributed by atoms with E-state index in [9.17, 15) is 14.0 Å². The molecule has 3 saturated heterocycles. The number of amides is 2. The van der Waals surface area contributed by atoms with Crippen LogP contribution in [0.4, 0.5) is 10.1 Å². The Balaban J connectivity index is 1.47. The monoisotopic (exact) mass is 331 g/mol. The van der Waals surface area contributed by atoms with Crippen LogP contribution in [0.25, 0.3) is 0 Å². The van der Waals surface area contributed by atoms with Crippen molar-refractivity contribution in [1.29, 1.82) is 0 Å². The summed E-state index contributed by atoms with van der Waals surface area (Å²) in [6, 6.07) is 5.07. The molecule has 1 atom stereocenters. The van der Waals surface area contributed by atoms with Crippen LogP contribution in [0.15, 0.2) is 18.2 Å². The van der Waals surface area contributed by atoms with Crippen molar-refractivity contribution in [3.05, 3.63) is 29.6 Å². The molecule has 3 aliphatic heterocycles. The van der Waals surface area contributed by atoms with Gasteiger partial charge in [0.05, 0.1) is 11.6 Å². The molecule has 0 saturated carbocycles. The number of nitrogens with one attached hydrogen (secondary N) is 2. The average molecular weight is 331 g/mol. The first kappa shape index (κ1) is 15.6. The normalized spacial score (nSPS) is 26.2. The van der Waals surface area contributed by atoms with Gasteiger partial charge in [0.25, 0.3) is 0 Å². The summed E-state index contributed by atoms with van der Waals surface area (Å²) in [5.74, 6) is -1.28. The van der Waals surface area contributed by atoms with Gasteiger partial charge >= 0.3 is 0 Å². The van der Waals surface area contributed by atoms with E-state index in [2.05, 4.69) is 15.5 Å². The summed E-state index contributed by atoms with van der Waals surface area (Å²) in [5, 5.41) is 5.70. The number of hydrogen-bond acceptors (Lipinski definition) is 4. The lowest BCUT2D eigenvalue weighted by atomic mass is 9.72. The Morgan fingerprint density at radius 1 is 1.17 bits per heavy atom. The van der Waals surface area contributed by atoms with E-state index in [4.69, 9.17) is 0 Å². The van der Waals surface area contributed by atoms with Gasteiger partial charge in [0.15, 0.2) is 0 Å². The predicted octanol–water partition coefficient (Wildman–Crippen LogP) is 1.54. The first-order valence-corrected chi connectivity index (χ1v) is 8.65. The largest absolute Gasteiger partial charge is 0.368 e. The summed E-state index contributed by atoms with van der Waals surface area (Å²) in [5.41, 5.74) is 1.62. The highest BCUT2D eigenvalue weighted by Gasteiger charge is 2.44. The Morgan fingerprint density at radius 3 is 2.58 bits per heavy atom. The van der Waals surface area contributed by atoms with E-state index in [1.165, 1.54) is 6.07 Å². The number of imide groups is 1. The van der Waals surface area contributed by atoms with Crippen LogP contribution >= 0.6 is 0 Å². The van der Waals surface area contributed by atoms with Gasteiger partial charge in [0, 0.05) is 24.9 Å². The van der Waals surface area contributed by atoms with Crippen molar-refractivity contribution in [3.63, 3.8) is 0 Å². The lowest BCUT2D eigenvalue weighted by Gasteiger charge is -2.53. The summed E-state index contributed by atoms with van der Waals surface area (Å²) in [7, 11) is 0. The highest BCUT2D eigenvalue weighted by molar-refractivity contribution is 6.00. The third-order valence-corrected chi connectivity index (χ3v) is 5.67. The molecule has 6 heteroatoms. The minimum Gasteiger partial charge on any atom is -0.368 e. The third-order valence-electron chi connectivity index (χ3n) is 5.67. The van der Waals surface area contributed by atoms with Gasteiger partial charge in [-0.25, -0.2) is 4.39 Å². The van der Waals surface area contributed by atoms with Gasteiger partial charge in [-0.05, 0) is 50.0 Å². The Morgan fingerprint density at radius 2 is 1.92 bits per heavy atom. The van der Waals surface area contributed by atoms with Crippen LogP contribution in [0.3, 0.4) is 0 Å². The summed E-state index contributed by atoms with van der Waals surface area (Å²) < 4.78 is 14.6. The number of carbonyl (C=O) groups is 2. The number of benzene rings is 1. The first-order chi connectivity index (χ1) is 11.6. The van der Waals surface area contributed by atoms with Gasteiger partial charge in [-0.3, -0.25) is 14.9 Å². The zero-order chi connectivity index (χ0) is 16.7. The molecule has 3 heterocycles. The van der Waals surface area contributed by atoms with Crippen LogP contribution in [0.5, 0.6) is 0 Å². The van der Waals surface area contributed by atoms with Gasteiger partial charge in [0.2, 0.25) is 11.8 Å². The van der Waals surface area contributed by atoms with Gasteiger partial charge < -0.3 is 10.2 Å². The molecule has 5 nitrogen and oxygen atoms in total. The third kappa shape index (κ3) is 2.69. The molecular weight excluding hydrogens is 309 g/mol. The number of halogens is 1. The van der Waals surface area contributed by atoms with Crippen molar-refractivity contribution in [1.82, 2.24) is 10.6 Å². The van der Waals surface area contributed by atoms with Crippen molar-refractivity contribution < 1.29 is 14.0 Å². The van der Waals surface area contributed by atoms with Crippen molar-refractivity contribution >= 4 is 17.5 Å². The second-order valence-electron chi connectivity index (χ2n) is 7.32. The maximum Gasteiger partial charge on any atom is 0.234 e. The van der Waals surface area contributed by atoms with Gasteiger partial charge in [0.1, 0.15) is 5.82 Å². The average Bonchev–Trinajstić information content (AvgIpc) is 2.53. The summed E-state index contributed by atoms with van der Waals surface area (Å²) in [6.07, 6.45) is 3.06. The molecule has 128 valence electrons. The minimum atomic E-state index is -0.432. The smallest absolute Gasteiger partial charge is 0.234 e. The molecule has 0 bridgehead atoms. The SMILES string of the molecule is O=C1CCC(c2ccc(N3CC4(CCNCC4)C3)c(F)c2)C(=O)N1. The molecule has 1 spiro atoms. The highest BCUT2D eigenvalue weighted by atomic mass is 19.1. The summed E-state index contributed by atoms with van der Waals surface area (Å²) >= 11 is 0. The molecule has 1 aromatic rings. The van der Waals surface area contributed by atoms with Crippen molar-refractivity contribution in [3.8, 4) is 0 Å². The molecule has 4 rings (SSSR count). The zero-order valence-electron chi connectivity index (χ0n) is 13.6. The fourth-order valence-electron chi connectivity index (χ4n) is 4.22. The maximum absolute atomic E-state index is 14.6. The number of hydrogen-bond donors (Lipinski definition) is 2. The van der Waals surface area contributed by atoms with E-state index >= 15 is 0 Å². The lowest BCUT2D eigenvalue weighted by molar-refractivity contribution is -0.134. The topological polar surface area (TPSA) is 61.4 Å². The van der Waals surface area contributed by atoms with Crippen LogP contribution in [0.2, 0.25) is 0 Å². The number of piperidine rings is 2. The molecule has 1 unspecified atom stereocenters. The molecule has 3 fully saturated rings. The summed E-state index contributed by atoms with van der Waals surface area (Å²) in [4.78, 5) is 25.3. The minimum absolute atomic E-state index is 0.249. The molecule has 0 radical (unpaired) electrons. The van der Waals surface area contributed by atoms with E-state index in [1.807, 2.05) is 6.07 Å². The molecular formula is C18H22FN3O2. The number of anilines is 1. The Bertz CT molecular complexity index is 677. The van der Waals surface area contributed by atoms with Gasteiger partial charge in [-0.15, -0.1) is 0 Å².